The molecular formula is C14H18N2O2S. The summed E-state index contributed by atoms with van der Waals surface area (Å²) in [5.41, 5.74) is 0. The summed E-state index contributed by atoms with van der Waals surface area (Å²) >= 11 is 1.71. The molecule has 1 N–H and O–H groups in total. The zero-order valence-electron chi connectivity index (χ0n) is 11.2. The minimum Gasteiger partial charge on any atom is -0.493 e. The Bertz CT molecular complexity index is 514. The third-order valence-corrected chi connectivity index (χ3v) is 3.49. The lowest BCUT2D eigenvalue weighted by atomic mass is 10.3. The maximum absolute atomic E-state index is 5.67. The van der Waals surface area contributed by atoms with Crippen LogP contribution >= 0.6 is 11.3 Å². The van der Waals surface area contributed by atoms with E-state index in [0.717, 1.165) is 29.6 Å². The van der Waals surface area contributed by atoms with Crippen LogP contribution in [0.2, 0.25) is 0 Å². The summed E-state index contributed by atoms with van der Waals surface area (Å²) in [6, 6.07) is 7.66. The molecule has 0 saturated heterocycles. The number of benzene rings is 1. The van der Waals surface area contributed by atoms with E-state index in [1.54, 1.807) is 18.4 Å². The van der Waals surface area contributed by atoms with E-state index in [1.165, 1.54) is 4.88 Å². The Labute approximate surface area is 117 Å². The van der Waals surface area contributed by atoms with Crippen molar-refractivity contribution in [2.45, 2.75) is 13.5 Å². The number of aryl methyl sites for hydroxylation is 1. The third kappa shape index (κ3) is 4.22. The molecule has 1 heterocycles. The molecule has 0 bridgehead atoms. The summed E-state index contributed by atoms with van der Waals surface area (Å²) in [5, 5.41) is 4.43. The molecule has 4 nitrogen and oxygen atoms in total. The molecule has 102 valence electrons. The van der Waals surface area contributed by atoms with Gasteiger partial charge in [-0.2, -0.15) is 0 Å². The van der Waals surface area contributed by atoms with Crippen molar-refractivity contribution in [1.82, 2.24) is 10.3 Å². The highest BCUT2D eigenvalue weighted by molar-refractivity contribution is 7.11. The largest absolute Gasteiger partial charge is 0.493 e. The molecule has 5 heteroatoms. The van der Waals surface area contributed by atoms with Crippen molar-refractivity contribution in [3.05, 3.63) is 40.3 Å². The number of nitrogens with zero attached hydrogens (tertiary/aromatic N) is 1. The van der Waals surface area contributed by atoms with E-state index in [0.29, 0.717) is 6.61 Å². The average Bonchev–Trinajstić information content (AvgIpc) is 2.84. The second-order valence-electron chi connectivity index (χ2n) is 4.02. The van der Waals surface area contributed by atoms with Crippen molar-refractivity contribution in [1.29, 1.82) is 0 Å². The van der Waals surface area contributed by atoms with Gasteiger partial charge in [-0.15, -0.1) is 11.3 Å². The molecule has 0 aliphatic heterocycles. The first-order valence-corrected chi connectivity index (χ1v) is 6.99. The van der Waals surface area contributed by atoms with Gasteiger partial charge in [0, 0.05) is 24.2 Å². The Morgan fingerprint density at radius 1 is 1.26 bits per heavy atom. The lowest BCUT2D eigenvalue weighted by Crippen LogP contribution is -2.20. The predicted molar refractivity (Wildman–Crippen MR) is 77.0 cm³/mol. The summed E-state index contributed by atoms with van der Waals surface area (Å²) in [5.74, 6) is 1.54. The van der Waals surface area contributed by atoms with Gasteiger partial charge in [0.2, 0.25) is 0 Å². The maximum Gasteiger partial charge on any atom is 0.161 e. The molecule has 2 aromatic rings. The monoisotopic (exact) mass is 278 g/mol. The van der Waals surface area contributed by atoms with Gasteiger partial charge in [-0.3, -0.25) is 0 Å². The van der Waals surface area contributed by atoms with Gasteiger partial charge in [-0.25, -0.2) is 4.98 Å². The Balaban J connectivity index is 1.69. The van der Waals surface area contributed by atoms with E-state index < -0.39 is 0 Å². The fourth-order valence-electron chi connectivity index (χ4n) is 1.67. The van der Waals surface area contributed by atoms with Crippen molar-refractivity contribution in [3.8, 4) is 11.5 Å². The van der Waals surface area contributed by atoms with E-state index >= 15 is 0 Å². The number of thiazole rings is 1. The molecule has 1 aromatic heterocycles. The summed E-state index contributed by atoms with van der Waals surface area (Å²) in [6.45, 7) is 4.24. The summed E-state index contributed by atoms with van der Waals surface area (Å²) in [4.78, 5) is 5.46. The highest BCUT2D eigenvalue weighted by atomic mass is 32.1. The number of hydrogen-bond acceptors (Lipinski definition) is 5. The molecule has 19 heavy (non-hydrogen) atoms. The minimum atomic E-state index is 0.609. The first-order valence-electron chi connectivity index (χ1n) is 6.17. The second kappa shape index (κ2) is 7.11. The van der Waals surface area contributed by atoms with Crippen molar-refractivity contribution in [2.24, 2.45) is 0 Å². The number of para-hydroxylation sites is 2. The van der Waals surface area contributed by atoms with Crippen LogP contribution in [0.1, 0.15) is 9.88 Å². The van der Waals surface area contributed by atoms with Crippen LogP contribution in [0.4, 0.5) is 0 Å². The molecule has 0 saturated carbocycles. The molecule has 0 radical (unpaired) electrons. The van der Waals surface area contributed by atoms with Gasteiger partial charge in [0.25, 0.3) is 0 Å². The van der Waals surface area contributed by atoms with Gasteiger partial charge in [-0.1, -0.05) is 12.1 Å². The van der Waals surface area contributed by atoms with E-state index in [2.05, 4.69) is 10.3 Å². The van der Waals surface area contributed by atoms with Gasteiger partial charge in [-0.05, 0) is 19.1 Å². The number of nitrogens with one attached hydrogen (secondary N) is 1. The van der Waals surface area contributed by atoms with Crippen molar-refractivity contribution in [2.75, 3.05) is 20.3 Å². The highest BCUT2D eigenvalue weighted by Gasteiger charge is 2.02. The van der Waals surface area contributed by atoms with E-state index in [9.17, 15) is 0 Å². The summed E-state index contributed by atoms with van der Waals surface area (Å²) in [7, 11) is 1.65. The van der Waals surface area contributed by atoms with Crippen LogP contribution in [0.3, 0.4) is 0 Å². The molecule has 0 spiro atoms. The maximum atomic E-state index is 5.67. The predicted octanol–water partition coefficient (Wildman–Crippen LogP) is 2.63. The number of aromatic nitrogens is 1. The molecule has 0 atom stereocenters. The quantitative estimate of drug-likeness (QED) is 0.791. The molecule has 0 amide bonds. The Morgan fingerprint density at radius 3 is 2.74 bits per heavy atom. The summed E-state index contributed by atoms with van der Waals surface area (Å²) < 4.78 is 10.9. The van der Waals surface area contributed by atoms with Crippen LogP contribution in [-0.2, 0) is 6.54 Å². The summed E-state index contributed by atoms with van der Waals surface area (Å²) in [6.07, 6.45) is 1.91. The van der Waals surface area contributed by atoms with Crippen molar-refractivity contribution in [3.63, 3.8) is 0 Å². The van der Waals surface area contributed by atoms with Crippen molar-refractivity contribution >= 4 is 11.3 Å². The average molecular weight is 278 g/mol. The second-order valence-corrected chi connectivity index (χ2v) is 5.34. The lowest BCUT2D eigenvalue weighted by molar-refractivity contribution is 0.292. The molecule has 0 aliphatic rings. The third-order valence-electron chi connectivity index (χ3n) is 2.57. The molecule has 2 rings (SSSR count). The van der Waals surface area contributed by atoms with Gasteiger partial charge < -0.3 is 14.8 Å². The molecule has 0 aliphatic carbocycles. The van der Waals surface area contributed by atoms with Gasteiger partial charge in [0.1, 0.15) is 6.61 Å². The highest BCUT2D eigenvalue weighted by Crippen LogP contribution is 2.25. The number of ether oxygens (including phenoxy) is 2. The minimum absolute atomic E-state index is 0.609. The van der Waals surface area contributed by atoms with Crippen LogP contribution in [0, 0.1) is 6.92 Å². The van der Waals surface area contributed by atoms with E-state index in [1.807, 2.05) is 37.4 Å². The smallest absolute Gasteiger partial charge is 0.161 e. The zero-order chi connectivity index (χ0) is 13.5. The molecule has 0 unspecified atom stereocenters. The zero-order valence-corrected chi connectivity index (χ0v) is 12.0. The van der Waals surface area contributed by atoms with Crippen LogP contribution in [0.5, 0.6) is 11.5 Å². The van der Waals surface area contributed by atoms with Crippen LogP contribution in [0.15, 0.2) is 30.5 Å². The van der Waals surface area contributed by atoms with Gasteiger partial charge in [0.05, 0.1) is 12.1 Å². The van der Waals surface area contributed by atoms with Crippen molar-refractivity contribution < 1.29 is 9.47 Å². The van der Waals surface area contributed by atoms with E-state index in [-0.39, 0.29) is 0 Å². The first kappa shape index (κ1) is 13.8. The Morgan fingerprint density at radius 2 is 2.05 bits per heavy atom. The first-order chi connectivity index (χ1) is 9.29. The number of hydrogen-bond donors (Lipinski definition) is 1. The Kier molecular flexibility index (Phi) is 5.18. The fraction of sp³-hybridized carbons (Fsp3) is 0.357. The van der Waals surface area contributed by atoms with Crippen LogP contribution in [0.25, 0.3) is 0 Å². The SMILES string of the molecule is COc1ccccc1OCCNCc1cnc(C)s1. The van der Waals surface area contributed by atoms with Gasteiger partial charge >= 0.3 is 0 Å². The lowest BCUT2D eigenvalue weighted by Gasteiger charge is -2.10. The van der Waals surface area contributed by atoms with Crippen LogP contribution < -0.4 is 14.8 Å². The number of rotatable bonds is 7. The number of methoxy groups -OCH3 is 1. The van der Waals surface area contributed by atoms with Crippen LogP contribution in [-0.4, -0.2) is 25.2 Å². The Hall–Kier alpha value is -1.59. The topological polar surface area (TPSA) is 43.4 Å². The fourth-order valence-corrected chi connectivity index (χ4v) is 2.43. The van der Waals surface area contributed by atoms with Gasteiger partial charge in [0.15, 0.2) is 11.5 Å². The molecular weight excluding hydrogens is 260 g/mol. The van der Waals surface area contributed by atoms with E-state index in [4.69, 9.17) is 9.47 Å². The molecule has 1 aromatic carbocycles. The standard InChI is InChI=1S/C14H18N2O2S/c1-11-16-10-12(19-11)9-15-7-8-18-14-6-4-3-5-13(14)17-2/h3-6,10,15H,7-9H2,1-2H3. The normalized spacial score (nSPS) is 10.4. The molecule has 0 fully saturated rings.